The van der Waals surface area contributed by atoms with E-state index in [-0.39, 0.29) is 0 Å². The summed E-state index contributed by atoms with van der Waals surface area (Å²) in [7, 11) is 3.54. The Morgan fingerprint density at radius 3 is 2.44 bits per heavy atom. The van der Waals surface area contributed by atoms with E-state index in [0.717, 1.165) is 6.08 Å². The number of furan rings is 1. The number of nitrogens with two attached hydrogens (primary N) is 1. The lowest BCUT2D eigenvalue weighted by Gasteiger charge is -2.14. The lowest BCUT2D eigenvalue weighted by atomic mass is 10.2. The predicted octanol–water partition coefficient (Wildman–Crippen LogP) is 0.678. The topological polar surface area (TPSA) is 96.8 Å². The first-order valence-corrected chi connectivity index (χ1v) is 5.09. The Labute approximate surface area is 104 Å². The Bertz CT molecular complexity index is 482. The molecular formula is C12H14N2O4. The van der Waals surface area contributed by atoms with Gasteiger partial charge in [0.1, 0.15) is 11.3 Å². The molecule has 0 saturated carbocycles. The van der Waals surface area contributed by atoms with Gasteiger partial charge in [0, 0.05) is 14.1 Å². The molecule has 18 heavy (non-hydrogen) atoms. The predicted molar refractivity (Wildman–Crippen MR) is 65.3 cm³/mol. The van der Waals surface area contributed by atoms with Crippen LogP contribution in [0.15, 0.2) is 40.5 Å². The van der Waals surface area contributed by atoms with Gasteiger partial charge < -0.3 is 20.2 Å². The van der Waals surface area contributed by atoms with Crippen molar-refractivity contribution in [1.82, 2.24) is 4.90 Å². The lowest BCUT2D eigenvalue weighted by molar-refractivity contribution is -0.134. The highest BCUT2D eigenvalue weighted by Gasteiger charge is 2.13. The first kappa shape index (κ1) is 13.6. The van der Waals surface area contributed by atoms with Gasteiger partial charge in [-0.2, -0.15) is 0 Å². The molecule has 0 aromatic carbocycles. The number of allylic oxidation sites excluding steroid dienone is 2. The first-order chi connectivity index (χ1) is 8.43. The van der Waals surface area contributed by atoms with E-state index >= 15 is 0 Å². The molecule has 1 heterocycles. The summed E-state index contributed by atoms with van der Waals surface area (Å²) in [5, 5.41) is 8.79. The summed E-state index contributed by atoms with van der Waals surface area (Å²) in [4.78, 5) is 23.4. The number of carboxylic acids is 1. The third-order valence-electron chi connectivity index (χ3n) is 2.16. The van der Waals surface area contributed by atoms with Crippen LogP contribution in [0.1, 0.15) is 5.76 Å². The fourth-order valence-corrected chi connectivity index (χ4v) is 1.30. The van der Waals surface area contributed by atoms with E-state index in [0.29, 0.717) is 11.5 Å². The molecule has 1 aromatic heterocycles. The van der Waals surface area contributed by atoms with Crippen LogP contribution < -0.4 is 5.73 Å². The van der Waals surface area contributed by atoms with E-state index < -0.39 is 17.4 Å². The van der Waals surface area contributed by atoms with Crippen molar-refractivity contribution in [1.29, 1.82) is 0 Å². The van der Waals surface area contributed by atoms with Crippen molar-refractivity contribution in [2.24, 2.45) is 5.73 Å². The first-order valence-electron chi connectivity index (χ1n) is 5.09. The average Bonchev–Trinajstić information content (AvgIpc) is 2.75. The third kappa shape index (κ3) is 3.24. The molecule has 0 aliphatic heterocycles. The second-order valence-electron chi connectivity index (χ2n) is 3.67. The minimum absolute atomic E-state index is 0.485. The van der Waals surface area contributed by atoms with Crippen LogP contribution in [0.5, 0.6) is 0 Å². The molecule has 1 aromatic rings. The zero-order valence-electron chi connectivity index (χ0n) is 10.1. The zero-order valence-corrected chi connectivity index (χ0v) is 10.1. The molecule has 0 bridgehead atoms. The Balaban J connectivity index is 3.15. The highest BCUT2D eigenvalue weighted by atomic mass is 16.4. The van der Waals surface area contributed by atoms with Gasteiger partial charge in [0.25, 0.3) is 5.91 Å². The minimum atomic E-state index is -1.36. The number of hydrogen-bond acceptors (Lipinski definition) is 4. The van der Waals surface area contributed by atoms with Crippen LogP contribution in [-0.2, 0) is 9.59 Å². The number of aliphatic carboxylic acids is 1. The average molecular weight is 250 g/mol. The Hall–Kier alpha value is -2.50. The summed E-state index contributed by atoms with van der Waals surface area (Å²) in [5.74, 6) is -1.79. The van der Waals surface area contributed by atoms with Gasteiger partial charge in [-0.25, -0.2) is 4.79 Å². The minimum Gasteiger partial charge on any atom is -0.477 e. The van der Waals surface area contributed by atoms with Gasteiger partial charge in [-0.3, -0.25) is 4.79 Å². The molecule has 6 heteroatoms. The van der Waals surface area contributed by atoms with Crippen LogP contribution in [0, 0.1) is 0 Å². The monoisotopic (exact) mass is 250 g/mol. The summed E-state index contributed by atoms with van der Waals surface area (Å²) in [5.41, 5.74) is 5.10. The molecule has 0 spiro atoms. The van der Waals surface area contributed by atoms with Crippen molar-refractivity contribution in [2.75, 3.05) is 14.1 Å². The number of hydrogen-bond donors (Lipinski definition) is 2. The second-order valence-corrected chi connectivity index (χ2v) is 3.67. The number of primary amides is 1. The molecule has 3 N–H and O–H groups in total. The maximum Gasteiger partial charge on any atom is 0.341 e. The van der Waals surface area contributed by atoms with Crippen LogP contribution in [-0.4, -0.2) is 36.0 Å². The molecule has 0 saturated heterocycles. The van der Waals surface area contributed by atoms with Gasteiger partial charge in [-0.1, -0.05) is 0 Å². The SMILES string of the molecule is CN(C)C(=CC=C(C(N)=O)C(=O)O)c1ccco1. The van der Waals surface area contributed by atoms with Crippen LogP contribution >= 0.6 is 0 Å². The van der Waals surface area contributed by atoms with Crippen molar-refractivity contribution in [3.63, 3.8) is 0 Å². The van der Waals surface area contributed by atoms with Gasteiger partial charge in [-0.05, 0) is 24.3 Å². The molecule has 1 amide bonds. The fraction of sp³-hybridized carbons (Fsp3) is 0.167. The summed E-state index contributed by atoms with van der Waals surface area (Å²) in [6, 6.07) is 3.44. The number of nitrogens with zero attached hydrogens (tertiary/aromatic N) is 1. The van der Waals surface area contributed by atoms with E-state index in [1.807, 2.05) is 0 Å². The number of rotatable bonds is 5. The summed E-state index contributed by atoms with van der Waals surface area (Å²) >= 11 is 0. The lowest BCUT2D eigenvalue weighted by Crippen LogP contribution is -2.20. The van der Waals surface area contributed by atoms with E-state index in [1.54, 1.807) is 31.1 Å². The molecule has 1 rings (SSSR count). The second kappa shape index (κ2) is 5.72. The van der Waals surface area contributed by atoms with E-state index in [2.05, 4.69) is 0 Å². The smallest absolute Gasteiger partial charge is 0.341 e. The summed E-state index contributed by atoms with van der Waals surface area (Å²) < 4.78 is 5.21. The largest absolute Gasteiger partial charge is 0.477 e. The molecule has 0 aliphatic rings. The zero-order chi connectivity index (χ0) is 13.7. The molecular weight excluding hydrogens is 236 g/mol. The Morgan fingerprint density at radius 1 is 1.39 bits per heavy atom. The van der Waals surface area contributed by atoms with E-state index in [4.69, 9.17) is 15.3 Å². The van der Waals surface area contributed by atoms with Crippen molar-refractivity contribution in [3.05, 3.63) is 41.9 Å². The van der Waals surface area contributed by atoms with Crippen LogP contribution in [0.3, 0.4) is 0 Å². The highest BCUT2D eigenvalue weighted by molar-refractivity contribution is 6.15. The van der Waals surface area contributed by atoms with Crippen molar-refractivity contribution in [2.45, 2.75) is 0 Å². The fourth-order valence-electron chi connectivity index (χ4n) is 1.30. The molecule has 0 aliphatic carbocycles. The maximum absolute atomic E-state index is 10.9. The molecule has 0 radical (unpaired) electrons. The number of amides is 1. The van der Waals surface area contributed by atoms with E-state index in [1.165, 1.54) is 12.3 Å². The van der Waals surface area contributed by atoms with E-state index in [9.17, 15) is 9.59 Å². The number of carbonyl (C=O) groups is 2. The quantitative estimate of drug-likeness (QED) is 0.346. The van der Waals surface area contributed by atoms with Gasteiger partial charge in [0.15, 0.2) is 0 Å². The number of carboxylic acid groups (broad SMARTS) is 1. The van der Waals surface area contributed by atoms with Crippen molar-refractivity contribution in [3.8, 4) is 0 Å². The molecule has 6 nitrogen and oxygen atoms in total. The molecule has 0 unspecified atom stereocenters. The van der Waals surface area contributed by atoms with Gasteiger partial charge in [-0.15, -0.1) is 0 Å². The van der Waals surface area contributed by atoms with Crippen molar-refractivity contribution >= 4 is 17.6 Å². The van der Waals surface area contributed by atoms with Crippen LogP contribution in [0.4, 0.5) is 0 Å². The highest BCUT2D eigenvalue weighted by Crippen LogP contribution is 2.17. The van der Waals surface area contributed by atoms with Gasteiger partial charge in [0.05, 0.1) is 12.0 Å². The van der Waals surface area contributed by atoms with Crippen LogP contribution in [0.2, 0.25) is 0 Å². The molecule has 96 valence electrons. The van der Waals surface area contributed by atoms with Gasteiger partial charge >= 0.3 is 5.97 Å². The normalized spacial score (nSPS) is 12.3. The third-order valence-corrected chi connectivity index (χ3v) is 2.16. The molecule has 0 atom stereocenters. The Kier molecular flexibility index (Phi) is 4.31. The van der Waals surface area contributed by atoms with Crippen LogP contribution in [0.25, 0.3) is 5.70 Å². The summed E-state index contributed by atoms with van der Waals surface area (Å²) in [6.07, 6.45) is 4.12. The standard InChI is InChI=1S/C12H14N2O4/c1-14(2)9(10-4-3-7-18-10)6-5-8(11(13)15)12(16)17/h3-7H,1-2H3,(H2,13,15)(H,16,17). The van der Waals surface area contributed by atoms with Crippen molar-refractivity contribution < 1.29 is 19.1 Å². The Morgan fingerprint density at radius 2 is 2.06 bits per heavy atom. The number of carbonyl (C=O) groups excluding carboxylic acids is 1. The van der Waals surface area contributed by atoms with Gasteiger partial charge in [0.2, 0.25) is 0 Å². The summed E-state index contributed by atoms with van der Waals surface area (Å²) in [6.45, 7) is 0. The maximum atomic E-state index is 10.9. The molecule has 0 fully saturated rings.